The van der Waals surface area contributed by atoms with Crippen molar-refractivity contribution in [2.24, 2.45) is 0 Å². The van der Waals surface area contributed by atoms with E-state index in [1.165, 1.54) is 0 Å². The Morgan fingerprint density at radius 1 is 1.45 bits per heavy atom. The number of carbonyl (C=O) groups excluding carboxylic acids is 1. The molecule has 110 valence electrons. The van der Waals surface area contributed by atoms with Crippen LogP contribution >= 0.6 is 0 Å². The summed E-state index contributed by atoms with van der Waals surface area (Å²) in [6.45, 7) is 4.75. The summed E-state index contributed by atoms with van der Waals surface area (Å²) >= 11 is 0. The molecule has 20 heavy (non-hydrogen) atoms. The maximum Gasteiger partial charge on any atom is 0.223 e. The normalized spacial score (nSPS) is 18.6. The molecule has 0 aromatic heterocycles. The average Bonchev–Trinajstić information content (AvgIpc) is 2.81. The molecule has 1 heterocycles. The Morgan fingerprint density at radius 3 is 3.05 bits per heavy atom. The fourth-order valence-corrected chi connectivity index (χ4v) is 2.72. The predicted octanol–water partition coefficient (Wildman–Crippen LogP) is 2.19. The molecule has 0 bridgehead atoms. The summed E-state index contributed by atoms with van der Waals surface area (Å²) in [4.78, 5) is 14.1. The summed E-state index contributed by atoms with van der Waals surface area (Å²) in [5, 5.41) is 3.33. The summed E-state index contributed by atoms with van der Waals surface area (Å²) in [5.41, 5.74) is 1.13. The smallest absolute Gasteiger partial charge is 0.223 e. The highest BCUT2D eigenvalue weighted by atomic mass is 16.5. The van der Waals surface area contributed by atoms with E-state index in [2.05, 4.69) is 18.3 Å². The Hall–Kier alpha value is -1.55. The van der Waals surface area contributed by atoms with Gasteiger partial charge in [0.05, 0.1) is 7.11 Å². The molecular weight excluding hydrogens is 252 g/mol. The van der Waals surface area contributed by atoms with Gasteiger partial charge in [0.2, 0.25) is 5.91 Å². The van der Waals surface area contributed by atoms with Crippen LogP contribution in [0.4, 0.5) is 0 Å². The van der Waals surface area contributed by atoms with Crippen molar-refractivity contribution in [1.29, 1.82) is 0 Å². The van der Waals surface area contributed by atoms with Crippen LogP contribution in [0.2, 0.25) is 0 Å². The minimum Gasteiger partial charge on any atom is -0.497 e. The lowest BCUT2D eigenvalue weighted by Gasteiger charge is -2.25. The van der Waals surface area contributed by atoms with Crippen LogP contribution in [-0.2, 0) is 11.3 Å². The van der Waals surface area contributed by atoms with Gasteiger partial charge in [-0.3, -0.25) is 4.79 Å². The number of nitrogens with zero attached hydrogens (tertiary/aromatic N) is 1. The number of ether oxygens (including phenoxy) is 1. The second kappa shape index (κ2) is 7.29. The van der Waals surface area contributed by atoms with Gasteiger partial charge in [-0.1, -0.05) is 19.1 Å². The zero-order valence-electron chi connectivity index (χ0n) is 12.4. The van der Waals surface area contributed by atoms with E-state index >= 15 is 0 Å². The molecule has 1 atom stereocenters. The van der Waals surface area contributed by atoms with Crippen LogP contribution < -0.4 is 10.1 Å². The molecule has 1 unspecified atom stereocenters. The topological polar surface area (TPSA) is 41.6 Å². The van der Waals surface area contributed by atoms with Crippen LogP contribution in [0, 0.1) is 0 Å². The minimum absolute atomic E-state index is 0.273. The number of hydrogen-bond acceptors (Lipinski definition) is 3. The Labute approximate surface area is 121 Å². The first kappa shape index (κ1) is 14.9. The van der Waals surface area contributed by atoms with Gasteiger partial charge in [0.1, 0.15) is 5.75 Å². The first-order chi connectivity index (χ1) is 9.74. The van der Waals surface area contributed by atoms with Crippen molar-refractivity contribution in [3.63, 3.8) is 0 Å². The highest BCUT2D eigenvalue weighted by Gasteiger charge is 2.30. The molecule has 4 heteroatoms. The maximum atomic E-state index is 12.1. The van der Waals surface area contributed by atoms with E-state index in [-0.39, 0.29) is 5.91 Å². The molecule has 1 aromatic rings. The molecule has 1 aliphatic heterocycles. The van der Waals surface area contributed by atoms with Crippen molar-refractivity contribution in [2.75, 3.05) is 20.2 Å². The van der Waals surface area contributed by atoms with Crippen LogP contribution in [0.3, 0.4) is 0 Å². The van der Waals surface area contributed by atoms with Crippen LogP contribution in [-0.4, -0.2) is 37.0 Å². The molecule has 1 saturated heterocycles. The van der Waals surface area contributed by atoms with Gasteiger partial charge < -0.3 is 15.0 Å². The summed E-state index contributed by atoms with van der Waals surface area (Å²) in [6, 6.07) is 8.33. The maximum absolute atomic E-state index is 12.1. The Balaban J connectivity index is 1.98. The van der Waals surface area contributed by atoms with Crippen molar-refractivity contribution in [2.45, 2.75) is 38.8 Å². The van der Waals surface area contributed by atoms with E-state index in [1.807, 2.05) is 23.1 Å². The quantitative estimate of drug-likeness (QED) is 0.776. The van der Waals surface area contributed by atoms with Gasteiger partial charge in [-0.15, -0.1) is 0 Å². The van der Waals surface area contributed by atoms with Crippen molar-refractivity contribution in [3.05, 3.63) is 29.8 Å². The molecule has 1 fully saturated rings. The minimum atomic E-state index is 0.273. The molecule has 0 spiro atoms. The molecule has 1 aromatic carbocycles. The molecule has 2 rings (SSSR count). The van der Waals surface area contributed by atoms with E-state index in [0.29, 0.717) is 19.0 Å². The van der Waals surface area contributed by atoms with Crippen LogP contribution in [0.1, 0.15) is 31.7 Å². The zero-order chi connectivity index (χ0) is 14.4. The van der Waals surface area contributed by atoms with Crippen molar-refractivity contribution in [1.82, 2.24) is 10.2 Å². The first-order valence-electron chi connectivity index (χ1n) is 7.37. The summed E-state index contributed by atoms with van der Waals surface area (Å²) in [5.74, 6) is 1.12. The summed E-state index contributed by atoms with van der Waals surface area (Å²) < 4.78 is 5.24. The number of hydrogen-bond donors (Lipinski definition) is 1. The van der Waals surface area contributed by atoms with E-state index in [4.69, 9.17) is 4.74 Å². The number of likely N-dealkylation sites (tertiary alicyclic amines) is 1. The van der Waals surface area contributed by atoms with E-state index < -0.39 is 0 Å². The van der Waals surface area contributed by atoms with Crippen molar-refractivity contribution in [3.8, 4) is 5.75 Å². The third-order valence-corrected chi connectivity index (χ3v) is 3.84. The second-order valence-electron chi connectivity index (χ2n) is 5.21. The van der Waals surface area contributed by atoms with Gasteiger partial charge in [0.25, 0.3) is 0 Å². The summed E-state index contributed by atoms with van der Waals surface area (Å²) in [6.07, 6.45) is 2.69. The fraction of sp³-hybridized carbons (Fsp3) is 0.562. The molecule has 0 saturated carbocycles. The number of nitrogens with one attached hydrogen (secondary N) is 1. The molecule has 0 radical (unpaired) electrons. The van der Waals surface area contributed by atoms with Crippen LogP contribution in [0.25, 0.3) is 0 Å². The number of amides is 1. The average molecular weight is 276 g/mol. The van der Waals surface area contributed by atoms with Gasteiger partial charge in [0.15, 0.2) is 0 Å². The second-order valence-corrected chi connectivity index (χ2v) is 5.21. The fourth-order valence-electron chi connectivity index (χ4n) is 2.72. The van der Waals surface area contributed by atoms with Gasteiger partial charge in [-0.25, -0.2) is 0 Å². The summed E-state index contributed by atoms with van der Waals surface area (Å²) in [7, 11) is 1.67. The molecule has 1 amide bonds. The monoisotopic (exact) mass is 276 g/mol. The standard InChI is InChI=1S/C16H24N2O2/c1-3-17-10-9-14-7-8-16(19)18(14)12-13-5-4-6-15(11-13)20-2/h4-6,11,14,17H,3,7-10,12H2,1-2H3. The molecule has 1 aliphatic rings. The van der Waals surface area contributed by atoms with E-state index in [1.54, 1.807) is 7.11 Å². The number of methoxy groups -OCH3 is 1. The molecule has 4 nitrogen and oxygen atoms in total. The number of benzene rings is 1. The van der Waals surface area contributed by atoms with Gasteiger partial charge in [-0.2, -0.15) is 0 Å². The third kappa shape index (κ3) is 3.73. The Kier molecular flexibility index (Phi) is 5.41. The van der Waals surface area contributed by atoms with Crippen molar-refractivity contribution >= 4 is 5.91 Å². The van der Waals surface area contributed by atoms with E-state index in [0.717, 1.165) is 37.2 Å². The lowest BCUT2D eigenvalue weighted by molar-refractivity contribution is -0.129. The van der Waals surface area contributed by atoms with Crippen molar-refractivity contribution < 1.29 is 9.53 Å². The number of rotatable bonds is 7. The lowest BCUT2D eigenvalue weighted by atomic mass is 10.1. The lowest BCUT2D eigenvalue weighted by Crippen LogP contribution is -2.34. The zero-order valence-corrected chi connectivity index (χ0v) is 12.4. The molecule has 0 aliphatic carbocycles. The largest absolute Gasteiger partial charge is 0.497 e. The molecular formula is C16H24N2O2. The highest BCUT2D eigenvalue weighted by Crippen LogP contribution is 2.24. The number of carbonyl (C=O) groups is 1. The predicted molar refractivity (Wildman–Crippen MR) is 79.7 cm³/mol. The Morgan fingerprint density at radius 2 is 2.30 bits per heavy atom. The SMILES string of the molecule is CCNCCC1CCC(=O)N1Cc1cccc(OC)c1. The van der Waals surface area contributed by atoms with E-state index in [9.17, 15) is 4.79 Å². The van der Waals surface area contributed by atoms with Crippen LogP contribution in [0.15, 0.2) is 24.3 Å². The Bertz CT molecular complexity index is 448. The van der Waals surface area contributed by atoms with Gasteiger partial charge in [-0.05, 0) is 43.6 Å². The van der Waals surface area contributed by atoms with Crippen LogP contribution in [0.5, 0.6) is 5.75 Å². The first-order valence-corrected chi connectivity index (χ1v) is 7.37. The van der Waals surface area contributed by atoms with Gasteiger partial charge in [0, 0.05) is 19.0 Å². The van der Waals surface area contributed by atoms with Gasteiger partial charge >= 0.3 is 0 Å². The molecule has 1 N–H and O–H groups in total. The third-order valence-electron chi connectivity index (χ3n) is 3.84. The highest BCUT2D eigenvalue weighted by molar-refractivity contribution is 5.78.